The van der Waals surface area contributed by atoms with Gasteiger partial charge in [-0.05, 0) is 30.7 Å². The lowest BCUT2D eigenvalue weighted by atomic mass is 10.3. The van der Waals surface area contributed by atoms with Crippen molar-refractivity contribution in [1.29, 1.82) is 0 Å². The molecule has 122 valence electrons. The number of thioether (sulfide) groups is 1. The van der Waals surface area contributed by atoms with Crippen LogP contribution in [0.5, 0.6) is 0 Å². The average Bonchev–Trinajstić information content (AvgIpc) is 2.52. The second kappa shape index (κ2) is 10.0. The molecular weight excluding hydrogens is 309 g/mol. The fraction of sp³-hybridized carbons (Fsp3) is 0.467. The predicted octanol–water partition coefficient (Wildman–Crippen LogP) is 2.99. The van der Waals surface area contributed by atoms with E-state index in [4.69, 9.17) is 4.74 Å². The van der Waals surface area contributed by atoms with Crippen molar-refractivity contribution in [3.8, 4) is 0 Å². The Labute approximate surface area is 133 Å². The Morgan fingerprint density at radius 2 is 2.00 bits per heavy atom. The molecule has 1 aromatic carbocycles. The molecule has 1 atom stereocenters. The normalized spacial score (nSPS) is 11.6. The number of carbonyl (C=O) groups excluding carboxylic acids is 2. The molecule has 7 heteroatoms. The van der Waals surface area contributed by atoms with E-state index in [1.807, 2.05) is 6.92 Å². The summed E-state index contributed by atoms with van der Waals surface area (Å²) >= 11 is 1.31. The Kier molecular flexibility index (Phi) is 8.35. The third-order valence-corrected chi connectivity index (χ3v) is 3.84. The van der Waals surface area contributed by atoms with Gasteiger partial charge in [-0.15, -0.1) is 11.8 Å². The molecule has 22 heavy (non-hydrogen) atoms. The Bertz CT molecular complexity index is 481. The number of rotatable bonds is 8. The van der Waals surface area contributed by atoms with Crippen LogP contribution in [0.4, 0.5) is 9.18 Å². The minimum absolute atomic E-state index is 0.265. The van der Waals surface area contributed by atoms with Crippen LogP contribution in [-0.2, 0) is 14.3 Å². The number of alkyl carbamates (subject to hydrolysis) is 1. The summed E-state index contributed by atoms with van der Waals surface area (Å²) in [4.78, 5) is 24.1. The summed E-state index contributed by atoms with van der Waals surface area (Å²) < 4.78 is 22.5. The number of carbonyl (C=O) groups is 2. The first-order valence-electron chi connectivity index (χ1n) is 6.96. The Morgan fingerprint density at radius 3 is 2.59 bits per heavy atom. The van der Waals surface area contributed by atoms with Crippen LogP contribution < -0.4 is 5.32 Å². The maximum atomic E-state index is 12.8. The van der Waals surface area contributed by atoms with Gasteiger partial charge < -0.3 is 14.8 Å². The average molecular weight is 329 g/mol. The van der Waals surface area contributed by atoms with Crippen LogP contribution >= 0.6 is 11.8 Å². The van der Waals surface area contributed by atoms with E-state index in [1.54, 1.807) is 12.1 Å². The Morgan fingerprint density at radius 1 is 1.32 bits per heavy atom. The maximum absolute atomic E-state index is 12.8. The number of amides is 1. The molecule has 0 aliphatic heterocycles. The molecule has 0 heterocycles. The summed E-state index contributed by atoms with van der Waals surface area (Å²) in [7, 11) is 1.25. The summed E-state index contributed by atoms with van der Waals surface area (Å²) in [6.07, 6.45) is 1.03. The van der Waals surface area contributed by atoms with E-state index < -0.39 is 18.1 Å². The van der Waals surface area contributed by atoms with Crippen molar-refractivity contribution < 1.29 is 23.5 Å². The van der Waals surface area contributed by atoms with Gasteiger partial charge in [0.15, 0.2) is 0 Å². The van der Waals surface area contributed by atoms with Crippen LogP contribution in [0.25, 0.3) is 0 Å². The van der Waals surface area contributed by atoms with Crippen molar-refractivity contribution in [3.63, 3.8) is 0 Å². The lowest BCUT2D eigenvalue weighted by Gasteiger charge is -2.16. The third kappa shape index (κ3) is 6.80. The molecule has 1 aromatic rings. The molecule has 0 aromatic heterocycles. The Hall–Kier alpha value is -1.76. The van der Waals surface area contributed by atoms with E-state index in [-0.39, 0.29) is 11.6 Å². The van der Waals surface area contributed by atoms with E-state index >= 15 is 0 Å². The van der Waals surface area contributed by atoms with Crippen LogP contribution in [-0.4, -0.2) is 37.6 Å². The number of ether oxygens (including phenoxy) is 2. The van der Waals surface area contributed by atoms with Crippen molar-refractivity contribution in [3.05, 3.63) is 30.1 Å². The van der Waals surface area contributed by atoms with Crippen LogP contribution in [0.3, 0.4) is 0 Å². The summed E-state index contributed by atoms with van der Waals surface area (Å²) in [5.74, 6) is -0.616. The number of unbranched alkanes of at least 4 members (excludes halogenated alkanes) is 1. The summed E-state index contributed by atoms with van der Waals surface area (Å²) in [5, 5.41) is 2.48. The van der Waals surface area contributed by atoms with Crippen molar-refractivity contribution in [1.82, 2.24) is 5.32 Å². The summed E-state index contributed by atoms with van der Waals surface area (Å²) in [6.45, 7) is 2.29. The van der Waals surface area contributed by atoms with Gasteiger partial charge in [0.2, 0.25) is 0 Å². The van der Waals surface area contributed by atoms with Gasteiger partial charge in [0.1, 0.15) is 11.9 Å². The minimum atomic E-state index is -0.825. The predicted molar refractivity (Wildman–Crippen MR) is 82.3 cm³/mol. The van der Waals surface area contributed by atoms with E-state index in [9.17, 15) is 14.0 Å². The first-order valence-corrected chi connectivity index (χ1v) is 7.94. The van der Waals surface area contributed by atoms with E-state index in [2.05, 4.69) is 10.1 Å². The molecule has 1 amide bonds. The maximum Gasteiger partial charge on any atom is 0.407 e. The topological polar surface area (TPSA) is 64.6 Å². The number of hydrogen-bond acceptors (Lipinski definition) is 5. The van der Waals surface area contributed by atoms with Crippen molar-refractivity contribution >= 4 is 23.8 Å². The monoisotopic (exact) mass is 329 g/mol. The smallest absolute Gasteiger partial charge is 0.407 e. The van der Waals surface area contributed by atoms with E-state index in [0.717, 1.165) is 17.7 Å². The zero-order chi connectivity index (χ0) is 16.4. The molecule has 0 saturated carbocycles. The second-order valence-electron chi connectivity index (χ2n) is 4.47. The highest BCUT2D eigenvalue weighted by Gasteiger charge is 2.22. The van der Waals surface area contributed by atoms with Gasteiger partial charge in [-0.3, -0.25) is 0 Å². The molecule has 1 N–H and O–H groups in total. The fourth-order valence-electron chi connectivity index (χ4n) is 1.51. The largest absolute Gasteiger partial charge is 0.467 e. The van der Waals surface area contributed by atoms with Crippen LogP contribution in [0.1, 0.15) is 19.8 Å². The zero-order valence-corrected chi connectivity index (χ0v) is 13.5. The van der Waals surface area contributed by atoms with Crippen LogP contribution in [0.15, 0.2) is 29.2 Å². The summed E-state index contributed by atoms with van der Waals surface area (Å²) in [6, 6.07) is 5.06. The minimum Gasteiger partial charge on any atom is -0.467 e. The number of benzene rings is 1. The first kappa shape index (κ1) is 18.3. The number of halogens is 1. The van der Waals surface area contributed by atoms with Crippen LogP contribution in [0, 0.1) is 5.82 Å². The van der Waals surface area contributed by atoms with Gasteiger partial charge in [0, 0.05) is 10.6 Å². The molecule has 0 fully saturated rings. The van der Waals surface area contributed by atoms with Crippen molar-refractivity contribution in [2.75, 3.05) is 19.5 Å². The summed E-state index contributed by atoms with van der Waals surface area (Å²) in [5.41, 5.74) is 0. The molecule has 0 aliphatic carbocycles. The molecular formula is C15H20FNO4S. The third-order valence-electron chi connectivity index (χ3n) is 2.74. The standard InChI is InChI=1S/C15H20FNO4S/c1-3-4-9-21-15(19)17-13(14(18)20-2)10-22-12-7-5-11(16)6-8-12/h5-8,13H,3-4,9-10H2,1-2H3,(H,17,19). The lowest BCUT2D eigenvalue weighted by Crippen LogP contribution is -2.43. The highest BCUT2D eigenvalue weighted by atomic mass is 32.2. The highest BCUT2D eigenvalue weighted by molar-refractivity contribution is 7.99. The van der Waals surface area contributed by atoms with Crippen molar-refractivity contribution in [2.24, 2.45) is 0 Å². The van der Waals surface area contributed by atoms with Gasteiger partial charge in [0.05, 0.1) is 13.7 Å². The molecule has 0 saturated heterocycles. The SMILES string of the molecule is CCCCOC(=O)NC(CSc1ccc(F)cc1)C(=O)OC. The molecule has 0 bridgehead atoms. The number of hydrogen-bond donors (Lipinski definition) is 1. The molecule has 0 radical (unpaired) electrons. The lowest BCUT2D eigenvalue weighted by molar-refractivity contribution is -0.142. The Balaban J connectivity index is 2.51. The molecule has 1 rings (SSSR count). The van der Waals surface area contributed by atoms with E-state index in [1.165, 1.54) is 31.0 Å². The quantitative estimate of drug-likeness (QED) is 0.451. The number of nitrogens with one attached hydrogen (secondary N) is 1. The second-order valence-corrected chi connectivity index (χ2v) is 5.57. The van der Waals surface area contributed by atoms with Gasteiger partial charge in [-0.1, -0.05) is 13.3 Å². The molecule has 0 aliphatic rings. The fourth-order valence-corrected chi connectivity index (χ4v) is 2.42. The van der Waals surface area contributed by atoms with Gasteiger partial charge >= 0.3 is 12.1 Å². The molecule has 0 spiro atoms. The highest BCUT2D eigenvalue weighted by Crippen LogP contribution is 2.19. The van der Waals surface area contributed by atoms with Gasteiger partial charge in [-0.2, -0.15) is 0 Å². The zero-order valence-electron chi connectivity index (χ0n) is 12.6. The van der Waals surface area contributed by atoms with Gasteiger partial charge in [0.25, 0.3) is 0 Å². The number of esters is 1. The molecule has 5 nitrogen and oxygen atoms in total. The van der Waals surface area contributed by atoms with E-state index in [0.29, 0.717) is 6.61 Å². The van der Waals surface area contributed by atoms with Crippen molar-refractivity contribution in [2.45, 2.75) is 30.7 Å². The first-order chi connectivity index (χ1) is 10.6. The van der Waals surface area contributed by atoms with Gasteiger partial charge in [-0.25, -0.2) is 14.0 Å². The number of methoxy groups -OCH3 is 1. The molecule has 1 unspecified atom stereocenters. The van der Waals surface area contributed by atoms with Crippen LogP contribution in [0.2, 0.25) is 0 Å².